The number of nitrogens with zero attached hydrogens (tertiary/aromatic N) is 3. The van der Waals surface area contributed by atoms with Crippen molar-refractivity contribution in [1.82, 2.24) is 15.0 Å². The van der Waals surface area contributed by atoms with E-state index < -0.39 is 0 Å². The van der Waals surface area contributed by atoms with Crippen molar-refractivity contribution in [3.63, 3.8) is 0 Å². The monoisotopic (exact) mass is 436 g/mol. The van der Waals surface area contributed by atoms with E-state index >= 15 is 0 Å². The predicted octanol–water partition coefficient (Wildman–Crippen LogP) is 4.17. The summed E-state index contributed by atoms with van der Waals surface area (Å²) in [5, 5.41) is 6.93. The van der Waals surface area contributed by atoms with Gasteiger partial charge in [0, 0.05) is 30.8 Å². The fourth-order valence-electron chi connectivity index (χ4n) is 3.84. The number of nitrogens with one attached hydrogen (secondary N) is 1. The Morgan fingerprint density at radius 3 is 2.88 bits per heavy atom. The Balaban J connectivity index is 1.43. The standard InChI is InChI=1S/C24H25FN4O3/c1-2-21(30)26-20-10-4-7-17(14-20)23-27-24(32-28-23)18-8-5-11-29(15-18)22(31)13-16-6-3-9-19(25)12-16/h3-4,6-7,9-10,12,14,18H,2,5,8,11,13,15H2,1H3,(H,26,30)/t18-/m0/s1. The maximum atomic E-state index is 13.4. The molecule has 1 aromatic heterocycles. The lowest BCUT2D eigenvalue weighted by molar-refractivity contribution is -0.131. The maximum absolute atomic E-state index is 13.4. The van der Waals surface area contributed by atoms with Crippen LogP contribution in [0.25, 0.3) is 11.4 Å². The molecule has 0 bridgehead atoms. The molecule has 166 valence electrons. The molecule has 0 unspecified atom stereocenters. The molecule has 1 atom stereocenters. The largest absolute Gasteiger partial charge is 0.342 e. The number of hydrogen-bond acceptors (Lipinski definition) is 5. The van der Waals surface area contributed by atoms with Crippen molar-refractivity contribution in [1.29, 1.82) is 0 Å². The molecule has 2 amide bonds. The number of rotatable bonds is 6. The third-order valence-corrected chi connectivity index (χ3v) is 5.54. The van der Waals surface area contributed by atoms with Crippen LogP contribution in [0.15, 0.2) is 53.1 Å². The second kappa shape index (κ2) is 9.72. The topological polar surface area (TPSA) is 88.3 Å². The number of anilines is 1. The normalized spacial score (nSPS) is 16.1. The maximum Gasteiger partial charge on any atom is 0.231 e. The van der Waals surface area contributed by atoms with Crippen LogP contribution in [0.4, 0.5) is 10.1 Å². The van der Waals surface area contributed by atoms with Crippen molar-refractivity contribution in [2.45, 2.75) is 38.5 Å². The van der Waals surface area contributed by atoms with Crippen molar-refractivity contribution >= 4 is 17.5 Å². The predicted molar refractivity (Wildman–Crippen MR) is 117 cm³/mol. The minimum atomic E-state index is -0.344. The zero-order valence-corrected chi connectivity index (χ0v) is 17.9. The first-order chi connectivity index (χ1) is 15.5. The number of hydrogen-bond donors (Lipinski definition) is 1. The number of halogens is 1. The van der Waals surface area contributed by atoms with Crippen LogP contribution >= 0.6 is 0 Å². The number of aromatic nitrogens is 2. The molecular formula is C24H25FN4O3. The molecule has 32 heavy (non-hydrogen) atoms. The van der Waals surface area contributed by atoms with Gasteiger partial charge in [0.05, 0.1) is 12.3 Å². The summed E-state index contributed by atoms with van der Waals surface area (Å²) in [6.45, 7) is 2.94. The van der Waals surface area contributed by atoms with Gasteiger partial charge in [-0.1, -0.05) is 36.3 Å². The third kappa shape index (κ3) is 5.19. The van der Waals surface area contributed by atoms with E-state index in [4.69, 9.17) is 4.52 Å². The van der Waals surface area contributed by atoms with E-state index in [2.05, 4.69) is 15.5 Å². The number of likely N-dealkylation sites (tertiary alicyclic amines) is 1. The highest BCUT2D eigenvalue weighted by atomic mass is 19.1. The van der Waals surface area contributed by atoms with Gasteiger partial charge in [0.1, 0.15) is 5.82 Å². The molecule has 1 N–H and O–H groups in total. The van der Waals surface area contributed by atoms with Gasteiger partial charge in [0.15, 0.2) is 0 Å². The number of benzene rings is 2. The number of carbonyl (C=O) groups excluding carboxylic acids is 2. The van der Waals surface area contributed by atoms with Gasteiger partial charge >= 0.3 is 0 Å². The van der Waals surface area contributed by atoms with Gasteiger partial charge in [-0.3, -0.25) is 9.59 Å². The van der Waals surface area contributed by atoms with E-state index in [1.54, 1.807) is 36.1 Å². The van der Waals surface area contributed by atoms with Crippen LogP contribution in [-0.2, 0) is 16.0 Å². The Bertz CT molecular complexity index is 1110. The Kier molecular flexibility index (Phi) is 6.58. The van der Waals surface area contributed by atoms with E-state index in [9.17, 15) is 14.0 Å². The van der Waals surface area contributed by atoms with Gasteiger partial charge < -0.3 is 14.7 Å². The van der Waals surface area contributed by atoms with Gasteiger partial charge in [-0.2, -0.15) is 4.98 Å². The second-order valence-corrected chi connectivity index (χ2v) is 7.92. The van der Waals surface area contributed by atoms with Crippen LogP contribution in [-0.4, -0.2) is 39.9 Å². The van der Waals surface area contributed by atoms with Gasteiger partial charge in [0.25, 0.3) is 0 Å². The first-order valence-electron chi connectivity index (χ1n) is 10.8. The van der Waals surface area contributed by atoms with Gasteiger partial charge in [-0.15, -0.1) is 0 Å². The number of piperidine rings is 1. The SMILES string of the molecule is CCC(=O)Nc1cccc(-c2noc([C@H]3CCCN(C(=O)Cc4cccc(F)c4)C3)n2)c1. The van der Waals surface area contributed by atoms with Crippen LogP contribution < -0.4 is 5.32 Å². The summed E-state index contributed by atoms with van der Waals surface area (Å²) in [5.74, 6) is 0.426. The summed E-state index contributed by atoms with van der Waals surface area (Å²) in [4.78, 5) is 30.7. The summed E-state index contributed by atoms with van der Waals surface area (Å²) >= 11 is 0. The highest BCUT2D eigenvalue weighted by molar-refractivity contribution is 5.91. The molecule has 0 spiro atoms. The molecule has 0 radical (unpaired) electrons. The van der Waals surface area contributed by atoms with Crippen molar-refractivity contribution in [3.05, 3.63) is 65.8 Å². The summed E-state index contributed by atoms with van der Waals surface area (Å²) in [7, 11) is 0. The summed E-state index contributed by atoms with van der Waals surface area (Å²) in [6.07, 6.45) is 2.23. The molecule has 4 rings (SSSR count). The van der Waals surface area contributed by atoms with Crippen molar-refractivity contribution < 1.29 is 18.5 Å². The van der Waals surface area contributed by atoms with Gasteiger partial charge in [-0.05, 0) is 42.7 Å². The zero-order valence-electron chi connectivity index (χ0n) is 17.9. The molecule has 1 aliphatic rings. The fourth-order valence-corrected chi connectivity index (χ4v) is 3.84. The highest BCUT2D eigenvalue weighted by Gasteiger charge is 2.28. The lowest BCUT2D eigenvalue weighted by Gasteiger charge is -2.31. The van der Waals surface area contributed by atoms with Crippen molar-refractivity contribution in [2.75, 3.05) is 18.4 Å². The van der Waals surface area contributed by atoms with Crippen molar-refractivity contribution in [3.8, 4) is 11.4 Å². The number of amides is 2. The third-order valence-electron chi connectivity index (χ3n) is 5.54. The Morgan fingerprint density at radius 1 is 1.22 bits per heavy atom. The Morgan fingerprint density at radius 2 is 2.06 bits per heavy atom. The molecule has 7 nitrogen and oxygen atoms in total. The summed E-state index contributed by atoms with van der Waals surface area (Å²) < 4.78 is 18.9. The molecule has 1 fully saturated rings. The van der Waals surface area contributed by atoms with E-state index in [1.165, 1.54) is 12.1 Å². The average molecular weight is 436 g/mol. The smallest absolute Gasteiger partial charge is 0.231 e. The first kappa shape index (κ1) is 21.7. The van der Waals surface area contributed by atoms with Crippen LogP contribution in [0.3, 0.4) is 0 Å². The molecule has 1 aliphatic heterocycles. The molecule has 2 aromatic carbocycles. The second-order valence-electron chi connectivity index (χ2n) is 7.92. The molecule has 3 aromatic rings. The molecule has 0 aliphatic carbocycles. The van der Waals surface area contributed by atoms with Gasteiger partial charge in [0.2, 0.25) is 23.5 Å². The van der Waals surface area contributed by atoms with Gasteiger partial charge in [-0.25, -0.2) is 4.39 Å². The minimum Gasteiger partial charge on any atom is -0.342 e. The Labute approximate surface area is 185 Å². The van der Waals surface area contributed by atoms with Crippen LogP contribution in [0, 0.1) is 5.82 Å². The molecule has 2 heterocycles. The lowest BCUT2D eigenvalue weighted by atomic mass is 9.97. The van der Waals surface area contributed by atoms with E-state index in [-0.39, 0.29) is 30.0 Å². The lowest BCUT2D eigenvalue weighted by Crippen LogP contribution is -2.40. The van der Waals surface area contributed by atoms with Crippen molar-refractivity contribution in [2.24, 2.45) is 0 Å². The first-order valence-corrected chi connectivity index (χ1v) is 10.8. The van der Waals surface area contributed by atoms with E-state index in [0.717, 1.165) is 18.4 Å². The van der Waals surface area contributed by atoms with E-state index in [1.807, 2.05) is 12.1 Å². The van der Waals surface area contributed by atoms with Crippen LogP contribution in [0.5, 0.6) is 0 Å². The minimum absolute atomic E-state index is 0.0422. The Hall–Kier alpha value is -3.55. The summed E-state index contributed by atoms with van der Waals surface area (Å²) in [6, 6.07) is 13.4. The van der Waals surface area contributed by atoms with E-state index in [0.29, 0.717) is 42.5 Å². The quantitative estimate of drug-likeness (QED) is 0.627. The van der Waals surface area contributed by atoms with Crippen LogP contribution in [0.2, 0.25) is 0 Å². The average Bonchev–Trinajstić information content (AvgIpc) is 3.30. The molecule has 0 saturated carbocycles. The fraction of sp³-hybridized carbons (Fsp3) is 0.333. The molecule has 1 saturated heterocycles. The zero-order chi connectivity index (χ0) is 22.5. The summed E-state index contributed by atoms with van der Waals surface area (Å²) in [5.41, 5.74) is 2.07. The number of carbonyl (C=O) groups is 2. The molecular weight excluding hydrogens is 411 g/mol. The van der Waals surface area contributed by atoms with Crippen LogP contribution in [0.1, 0.15) is 43.6 Å². The highest BCUT2D eigenvalue weighted by Crippen LogP contribution is 2.28. The molecule has 8 heteroatoms.